The van der Waals surface area contributed by atoms with Crippen molar-refractivity contribution in [3.63, 3.8) is 0 Å². The molecule has 0 radical (unpaired) electrons. The molecule has 1 atom stereocenters. The molecule has 0 aromatic rings. The van der Waals surface area contributed by atoms with Crippen molar-refractivity contribution in [3.8, 4) is 0 Å². The van der Waals surface area contributed by atoms with Gasteiger partial charge in [0.15, 0.2) is 0 Å². The second-order valence-corrected chi connectivity index (χ2v) is 5.74. The highest BCUT2D eigenvalue weighted by atomic mass is 33.1. The van der Waals surface area contributed by atoms with E-state index in [0.717, 1.165) is 12.8 Å². The maximum Gasteiger partial charge on any atom is 0.212 e. The fourth-order valence-electron chi connectivity index (χ4n) is 1.04. The zero-order chi connectivity index (χ0) is 9.23. The van der Waals surface area contributed by atoms with Crippen LogP contribution in [0.1, 0.15) is 45.4 Å². The molecule has 0 fully saturated rings. The van der Waals surface area contributed by atoms with Crippen LogP contribution >= 0.6 is 0 Å². The van der Waals surface area contributed by atoms with Crippen molar-refractivity contribution in [1.29, 1.82) is 0 Å². The van der Waals surface area contributed by atoms with Crippen molar-refractivity contribution in [2.75, 3.05) is 5.75 Å². The Balaban J connectivity index is 2.95. The molecule has 1 unspecified atom stereocenters. The molecule has 0 N–H and O–H groups in total. The number of hydrogen-bond acceptors (Lipinski definition) is 2. The van der Waals surface area contributed by atoms with Gasteiger partial charge in [-0.25, -0.2) is 4.21 Å². The number of thiol groups is 1. The fraction of sp³-hybridized carbons (Fsp3) is 1.00. The van der Waals surface area contributed by atoms with Crippen LogP contribution in [-0.2, 0) is 20.9 Å². The lowest BCUT2D eigenvalue weighted by atomic mass is 10.1. The van der Waals surface area contributed by atoms with E-state index < -0.39 is 10.2 Å². The minimum atomic E-state index is -1.12. The second-order valence-electron chi connectivity index (χ2n) is 2.87. The Morgan fingerprint density at radius 3 is 2.33 bits per heavy atom. The van der Waals surface area contributed by atoms with Gasteiger partial charge in [0.2, 0.25) is 10.7 Å². The SMILES string of the molecule is CCCCCCCC[S+]([O-])[SH]=O. The monoisotopic (exact) mass is 210 g/mol. The van der Waals surface area contributed by atoms with Gasteiger partial charge in [0.05, 0.1) is 0 Å². The van der Waals surface area contributed by atoms with Crippen molar-refractivity contribution < 1.29 is 8.76 Å². The van der Waals surface area contributed by atoms with Crippen molar-refractivity contribution >= 4 is 20.9 Å². The summed E-state index contributed by atoms with van der Waals surface area (Å²) in [4.78, 5) is 0. The van der Waals surface area contributed by atoms with E-state index in [1.807, 2.05) is 0 Å². The summed E-state index contributed by atoms with van der Waals surface area (Å²) in [5, 5.41) is 0. The summed E-state index contributed by atoms with van der Waals surface area (Å²) >= 11 is 0. The van der Waals surface area contributed by atoms with Gasteiger partial charge in [-0.05, 0) is 12.8 Å². The summed E-state index contributed by atoms with van der Waals surface area (Å²) < 4.78 is 20.8. The van der Waals surface area contributed by atoms with Crippen molar-refractivity contribution in [3.05, 3.63) is 0 Å². The number of rotatable bonds is 8. The highest BCUT2D eigenvalue weighted by molar-refractivity contribution is 8.56. The fourth-order valence-corrected chi connectivity index (χ4v) is 2.18. The average molecular weight is 210 g/mol. The van der Waals surface area contributed by atoms with Gasteiger partial charge in [-0.3, -0.25) is 0 Å². The minimum absolute atomic E-state index is 0.209. The van der Waals surface area contributed by atoms with E-state index >= 15 is 0 Å². The van der Waals surface area contributed by atoms with Crippen molar-refractivity contribution in [2.24, 2.45) is 0 Å². The average Bonchev–Trinajstić information content (AvgIpc) is 2.10. The van der Waals surface area contributed by atoms with Crippen LogP contribution in [0.4, 0.5) is 0 Å². The van der Waals surface area contributed by atoms with Crippen molar-refractivity contribution in [1.82, 2.24) is 0 Å². The van der Waals surface area contributed by atoms with Gasteiger partial charge in [0.25, 0.3) is 0 Å². The Bertz CT molecular complexity index is 109. The first-order chi connectivity index (χ1) is 5.81. The summed E-state index contributed by atoms with van der Waals surface area (Å²) in [7, 11) is -1.33. The molecule has 12 heavy (non-hydrogen) atoms. The van der Waals surface area contributed by atoms with E-state index in [2.05, 4.69) is 6.92 Å². The molecule has 0 aromatic heterocycles. The summed E-state index contributed by atoms with van der Waals surface area (Å²) in [6.07, 6.45) is 7.12. The highest BCUT2D eigenvalue weighted by Gasteiger charge is 2.01. The predicted molar refractivity (Wildman–Crippen MR) is 55.9 cm³/mol. The molecule has 74 valence electrons. The Hall–Kier alpha value is 0.460. The van der Waals surface area contributed by atoms with E-state index in [4.69, 9.17) is 0 Å². The molecule has 0 bridgehead atoms. The quantitative estimate of drug-likeness (QED) is 0.288. The Kier molecular flexibility index (Phi) is 9.91. The maximum absolute atomic E-state index is 10.7. The van der Waals surface area contributed by atoms with Crippen LogP contribution in [0.5, 0.6) is 0 Å². The minimum Gasteiger partial charge on any atom is -0.603 e. The third-order valence-corrected chi connectivity index (χ3v) is 3.61. The lowest BCUT2D eigenvalue weighted by Crippen LogP contribution is -2.03. The summed E-state index contributed by atoms with van der Waals surface area (Å²) in [6, 6.07) is 0. The molecule has 2 nitrogen and oxygen atoms in total. The molecule has 0 aliphatic rings. The van der Waals surface area contributed by atoms with Gasteiger partial charge in [-0.1, -0.05) is 32.6 Å². The van der Waals surface area contributed by atoms with Gasteiger partial charge in [-0.2, -0.15) is 0 Å². The van der Waals surface area contributed by atoms with Gasteiger partial charge in [0, 0.05) is 10.2 Å². The first-order valence-electron chi connectivity index (χ1n) is 4.53. The summed E-state index contributed by atoms with van der Waals surface area (Å²) in [6.45, 7) is 2.19. The first kappa shape index (κ1) is 12.5. The van der Waals surface area contributed by atoms with Crippen LogP contribution < -0.4 is 0 Å². The topological polar surface area (TPSA) is 40.1 Å². The Morgan fingerprint density at radius 1 is 1.17 bits per heavy atom. The van der Waals surface area contributed by atoms with Gasteiger partial charge in [0.1, 0.15) is 5.75 Å². The molecule has 0 aromatic carbocycles. The third kappa shape index (κ3) is 8.56. The zero-order valence-corrected chi connectivity index (χ0v) is 9.33. The Labute approximate surface area is 81.2 Å². The van der Waals surface area contributed by atoms with Gasteiger partial charge >= 0.3 is 0 Å². The zero-order valence-electron chi connectivity index (χ0n) is 7.62. The highest BCUT2D eigenvalue weighted by Crippen LogP contribution is 2.06. The van der Waals surface area contributed by atoms with Crippen LogP contribution in [0.3, 0.4) is 0 Å². The smallest absolute Gasteiger partial charge is 0.212 e. The molecule has 4 heteroatoms. The second kappa shape index (κ2) is 9.55. The standard InChI is InChI=1S/C8H18O2S2/c1-2-3-4-5-6-7-8-12(10)11-9/h11H,2-8H2,1H3. The molecule has 0 saturated carbocycles. The van der Waals surface area contributed by atoms with E-state index in [9.17, 15) is 8.76 Å². The lowest BCUT2D eigenvalue weighted by Gasteiger charge is -2.01. The third-order valence-electron chi connectivity index (χ3n) is 1.76. The molecule has 0 heterocycles. The van der Waals surface area contributed by atoms with Gasteiger partial charge < -0.3 is 4.55 Å². The Morgan fingerprint density at radius 2 is 1.75 bits per heavy atom. The van der Waals surface area contributed by atoms with E-state index in [0.29, 0.717) is 5.75 Å². The predicted octanol–water partition coefficient (Wildman–Crippen LogP) is 1.96. The van der Waals surface area contributed by atoms with Gasteiger partial charge in [-0.15, -0.1) is 0 Å². The summed E-state index contributed by atoms with van der Waals surface area (Å²) in [5.41, 5.74) is 0. The summed E-state index contributed by atoms with van der Waals surface area (Å²) in [5.74, 6) is 0.594. The van der Waals surface area contributed by atoms with Crippen LogP contribution in [-0.4, -0.2) is 14.5 Å². The van der Waals surface area contributed by atoms with Crippen LogP contribution in [0, 0.1) is 0 Å². The molecular weight excluding hydrogens is 192 g/mol. The molecule has 0 saturated heterocycles. The van der Waals surface area contributed by atoms with Crippen LogP contribution in [0.2, 0.25) is 0 Å². The molecule has 0 rings (SSSR count). The normalized spacial score (nSPS) is 13.2. The first-order valence-corrected chi connectivity index (χ1v) is 7.26. The van der Waals surface area contributed by atoms with E-state index in [-0.39, 0.29) is 10.7 Å². The largest absolute Gasteiger partial charge is 0.603 e. The molecule has 0 aliphatic heterocycles. The maximum atomic E-state index is 10.7. The number of hydrogen-bond donors (Lipinski definition) is 1. The van der Waals surface area contributed by atoms with Crippen LogP contribution in [0.15, 0.2) is 0 Å². The molecule has 0 amide bonds. The van der Waals surface area contributed by atoms with E-state index in [1.165, 1.54) is 25.7 Å². The molecule has 0 aliphatic carbocycles. The molecular formula is C8H18O2S2. The van der Waals surface area contributed by atoms with E-state index in [1.54, 1.807) is 0 Å². The van der Waals surface area contributed by atoms with Crippen LogP contribution in [0.25, 0.3) is 0 Å². The number of unbranched alkanes of at least 4 members (excludes halogenated alkanes) is 5. The lowest BCUT2D eigenvalue weighted by molar-refractivity contribution is 0.592. The molecule has 0 spiro atoms. The van der Waals surface area contributed by atoms with Crippen molar-refractivity contribution in [2.45, 2.75) is 45.4 Å².